The number of nitrogens with one attached hydrogen (secondary N) is 1. The smallest absolute Gasteiger partial charge is 0.274 e. The molecule has 0 aliphatic carbocycles. The first-order valence-corrected chi connectivity index (χ1v) is 10.3. The summed E-state index contributed by atoms with van der Waals surface area (Å²) < 4.78 is 5.13. The fourth-order valence-electron chi connectivity index (χ4n) is 3.60. The van der Waals surface area contributed by atoms with Gasteiger partial charge in [0.2, 0.25) is 0 Å². The molecule has 0 radical (unpaired) electrons. The van der Waals surface area contributed by atoms with Crippen molar-refractivity contribution < 1.29 is 14.3 Å². The summed E-state index contributed by atoms with van der Waals surface area (Å²) >= 11 is 0. The maximum absolute atomic E-state index is 12.7. The highest BCUT2D eigenvalue weighted by atomic mass is 16.5. The number of nitrogens with zero attached hydrogens (tertiary/aromatic N) is 5. The molecule has 1 saturated heterocycles. The molecule has 9 heteroatoms. The highest BCUT2D eigenvalue weighted by molar-refractivity contribution is 6.04. The Hall–Kier alpha value is -3.88. The molecule has 32 heavy (non-hydrogen) atoms. The number of anilines is 1. The van der Waals surface area contributed by atoms with Crippen molar-refractivity contribution in [2.24, 2.45) is 0 Å². The van der Waals surface area contributed by atoms with Gasteiger partial charge in [-0.1, -0.05) is 0 Å². The fourth-order valence-corrected chi connectivity index (χ4v) is 3.60. The van der Waals surface area contributed by atoms with Crippen molar-refractivity contribution in [2.75, 3.05) is 25.5 Å². The average Bonchev–Trinajstić information content (AvgIpc) is 3.30. The van der Waals surface area contributed by atoms with E-state index in [4.69, 9.17) is 4.74 Å². The van der Waals surface area contributed by atoms with Gasteiger partial charge in [-0.3, -0.25) is 14.6 Å². The standard InChI is InChI=1S/C23H24N6O3/c1-14-10-25-20(12-24-14)23(31)29-9-8-16(13-29)21-26-11-19(15(2)27-21)22(30)28-17-4-6-18(32-3)7-5-17/h4-7,10-12,16H,8-9,13H2,1-3H3,(H,28,30). The Balaban J connectivity index is 1.42. The van der Waals surface area contributed by atoms with Crippen LogP contribution in [0.25, 0.3) is 0 Å². The fraction of sp³-hybridized carbons (Fsp3) is 0.304. The molecule has 0 bridgehead atoms. The first kappa shape index (κ1) is 21.4. The van der Waals surface area contributed by atoms with Crippen molar-refractivity contribution in [1.82, 2.24) is 24.8 Å². The van der Waals surface area contributed by atoms with Gasteiger partial charge in [-0.05, 0) is 44.5 Å². The normalized spacial score (nSPS) is 15.5. The molecule has 3 heterocycles. The van der Waals surface area contributed by atoms with Gasteiger partial charge in [0.15, 0.2) is 0 Å². The van der Waals surface area contributed by atoms with Crippen molar-refractivity contribution >= 4 is 17.5 Å². The quantitative estimate of drug-likeness (QED) is 0.660. The van der Waals surface area contributed by atoms with Crippen LogP contribution in [0.5, 0.6) is 5.75 Å². The maximum Gasteiger partial charge on any atom is 0.274 e. The summed E-state index contributed by atoms with van der Waals surface area (Å²) in [6, 6.07) is 7.09. The highest BCUT2D eigenvalue weighted by Gasteiger charge is 2.30. The van der Waals surface area contributed by atoms with Gasteiger partial charge in [-0.2, -0.15) is 0 Å². The highest BCUT2D eigenvalue weighted by Crippen LogP contribution is 2.26. The number of rotatable bonds is 5. The Kier molecular flexibility index (Phi) is 6.07. The van der Waals surface area contributed by atoms with Crippen LogP contribution in [-0.4, -0.2) is 56.8 Å². The summed E-state index contributed by atoms with van der Waals surface area (Å²) in [5.41, 5.74) is 2.75. The van der Waals surface area contributed by atoms with E-state index < -0.39 is 0 Å². The summed E-state index contributed by atoms with van der Waals surface area (Å²) in [4.78, 5) is 44.4. The lowest BCUT2D eigenvalue weighted by Gasteiger charge is -2.16. The number of methoxy groups -OCH3 is 1. The number of carbonyl (C=O) groups excluding carboxylic acids is 2. The first-order chi connectivity index (χ1) is 15.4. The van der Waals surface area contributed by atoms with Gasteiger partial charge in [0, 0.05) is 37.1 Å². The average molecular weight is 432 g/mol. The number of hydrogen-bond acceptors (Lipinski definition) is 7. The number of hydrogen-bond donors (Lipinski definition) is 1. The first-order valence-electron chi connectivity index (χ1n) is 10.3. The number of likely N-dealkylation sites (tertiary alicyclic amines) is 1. The lowest BCUT2D eigenvalue weighted by atomic mass is 10.1. The minimum Gasteiger partial charge on any atom is -0.497 e. The lowest BCUT2D eigenvalue weighted by molar-refractivity contribution is 0.0784. The van der Waals surface area contributed by atoms with Crippen molar-refractivity contribution in [3.63, 3.8) is 0 Å². The van der Waals surface area contributed by atoms with Gasteiger partial charge in [0.25, 0.3) is 11.8 Å². The second-order valence-electron chi connectivity index (χ2n) is 7.69. The SMILES string of the molecule is COc1ccc(NC(=O)c2cnc(C3CCN(C(=O)c4cnc(C)cn4)C3)nc2C)cc1. The molecule has 2 aromatic heterocycles. The third kappa shape index (κ3) is 4.56. The minimum absolute atomic E-state index is 0.00903. The predicted molar refractivity (Wildman–Crippen MR) is 118 cm³/mol. The molecule has 0 saturated carbocycles. The van der Waals surface area contributed by atoms with Gasteiger partial charge < -0.3 is 15.0 Å². The van der Waals surface area contributed by atoms with E-state index in [2.05, 4.69) is 25.3 Å². The molecule has 1 fully saturated rings. The van der Waals surface area contributed by atoms with Gasteiger partial charge in [0.1, 0.15) is 17.3 Å². The number of carbonyl (C=O) groups is 2. The maximum atomic E-state index is 12.7. The molecule has 2 amide bonds. The number of amides is 2. The van der Waals surface area contributed by atoms with E-state index in [1.54, 1.807) is 55.6 Å². The van der Waals surface area contributed by atoms with E-state index in [0.717, 1.165) is 12.1 Å². The Morgan fingerprint density at radius 2 is 1.84 bits per heavy atom. The molecule has 4 rings (SSSR count). The van der Waals surface area contributed by atoms with Gasteiger partial charge in [-0.15, -0.1) is 0 Å². The van der Waals surface area contributed by atoms with E-state index in [9.17, 15) is 9.59 Å². The van der Waals surface area contributed by atoms with Crippen LogP contribution in [0.4, 0.5) is 5.69 Å². The van der Waals surface area contributed by atoms with E-state index in [0.29, 0.717) is 47.3 Å². The number of aromatic nitrogens is 4. The third-order valence-corrected chi connectivity index (χ3v) is 5.43. The number of benzene rings is 1. The molecule has 1 aromatic carbocycles. The van der Waals surface area contributed by atoms with Gasteiger partial charge >= 0.3 is 0 Å². The van der Waals surface area contributed by atoms with E-state index in [-0.39, 0.29) is 17.7 Å². The molecule has 0 spiro atoms. The molecule has 1 unspecified atom stereocenters. The van der Waals surface area contributed by atoms with Crippen LogP contribution in [-0.2, 0) is 0 Å². The van der Waals surface area contributed by atoms with E-state index >= 15 is 0 Å². The minimum atomic E-state index is -0.277. The molecular weight excluding hydrogens is 408 g/mol. The van der Waals surface area contributed by atoms with Crippen LogP contribution in [0, 0.1) is 13.8 Å². The number of aryl methyl sites for hydroxylation is 2. The van der Waals surface area contributed by atoms with Gasteiger partial charge in [0.05, 0.1) is 30.3 Å². The van der Waals surface area contributed by atoms with Crippen LogP contribution in [0.2, 0.25) is 0 Å². The second kappa shape index (κ2) is 9.09. The summed E-state index contributed by atoms with van der Waals surface area (Å²) in [5, 5.41) is 2.84. The molecule has 164 valence electrons. The zero-order chi connectivity index (χ0) is 22.7. The molecule has 1 N–H and O–H groups in total. The molecule has 1 aliphatic rings. The van der Waals surface area contributed by atoms with Crippen molar-refractivity contribution in [1.29, 1.82) is 0 Å². The molecule has 1 atom stereocenters. The van der Waals surface area contributed by atoms with Crippen LogP contribution in [0.1, 0.15) is 50.4 Å². The molecular formula is C23H24N6O3. The monoisotopic (exact) mass is 432 g/mol. The molecule has 3 aromatic rings. The largest absolute Gasteiger partial charge is 0.497 e. The predicted octanol–water partition coefficient (Wildman–Crippen LogP) is 2.77. The zero-order valence-corrected chi connectivity index (χ0v) is 18.2. The lowest BCUT2D eigenvalue weighted by Crippen LogP contribution is -2.29. The van der Waals surface area contributed by atoms with Crippen LogP contribution in [0.15, 0.2) is 42.9 Å². The van der Waals surface area contributed by atoms with Crippen LogP contribution < -0.4 is 10.1 Å². The molecule has 1 aliphatic heterocycles. The number of ether oxygens (including phenoxy) is 1. The van der Waals surface area contributed by atoms with E-state index in [1.807, 2.05) is 6.92 Å². The third-order valence-electron chi connectivity index (χ3n) is 5.43. The molecule has 9 nitrogen and oxygen atoms in total. The Morgan fingerprint density at radius 3 is 2.50 bits per heavy atom. The Labute approximate surface area is 185 Å². The van der Waals surface area contributed by atoms with Crippen molar-refractivity contribution in [3.8, 4) is 5.75 Å². The Bertz CT molecular complexity index is 1130. The van der Waals surface area contributed by atoms with Crippen LogP contribution >= 0.6 is 0 Å². The summed E-state index contributed by atoms with van der Waals surface area (Å²) in [6.07, 6.45) is 5.39. The van der Waals surface area contributed by atoms with Crippen molar-refractivity contribution in [2.45, 2.75) is 26.2 Å². The Morgan fingerprint density at radius 1 is 1.06 bits per heavy atom. The zero-order valence-electron chi connectivity index (χ0n) is 18.2. The van der Waals surface area contributed by atoms with Gasteiger partial charge in [-0.25, -0.2) is 15.0 Å². The summed E-state index contributed by atoms with van der Waals surface area (Å²) in [6.45, 7) is 4.72. The summed E-state index contributed by atoms with van der Waals surface area (Å²) in [7, 11) is 1.59. The topological polar surface area (TPSA) is 110 Å². The second-order valence-corrected chi connectivity index (χ2v) is 7.69. The van der Waals surface area contributed by atoms with Crippen molar-refractivity contribution in [3.05, 3.63) is 71.3 Å². The van der Waals surface area contributed by atoms with Crippen LogP contribution in [0.3, 0.4) is 0 Å². The summed E-state index contributed by atoms with van der Waals surface area (Å²) in [5.74, 6) is 0.932. The van der Waals surface area contributed by atoms with E-state index in [1.165, 1.54) is 6.20 Å².